The topological polar surface area (TPSA) is 84.7 Å². The van der Waals surface area contributed by atoms with Crippen LogP contribution in [0.3, 0.4) is 0 Å². The number of nitrogens with zero attached hydrogens (tertiary/aromatic N) is 3. The number of anilines is 1. The van der Waals surface area contributed by atoms with E-state index < -0.39 is 5.69 Å². The molecule has 2 N–H and O–H groups in total. The Kier molecular flexibility index (Phi) is 6.84. The van der Waals surface area contributed by atoms with Crippen LogP contribution < -0.4 is 16.6 Å². The van der Waals surface area contributed by atoms with Crippen LogP contribution in [-0.2, 0) is 13.6 Å². The zero-order valence-corrected chi connectivity index (χ0v) is 15.9. The van der Waals surface area contributed by atoms with E-state index in [2.05, 4.69) is 36.1 Å². The van der Waals surface area contributed by atoms with Crippen molar-refractivity contribution in [3.8, 4) is 0 Å². The van der Waals surface area contributed by atoms with Gasteiger partial charge in [0, 0.05) is 19.6 Å². The van der Waals surface area contributed by atoms with Crippen molar-refractivity contribution in [3.05, 3.63) is 20.8 Å². The van der Waals surface area contributed by atoms with Crippen LogP contribution in [-0.4, -0.2) is 25.1 Å². The zero-order valence-electron chi connectivity index (χ0n) is 15.9. The van der Waals surface area contributed by atoms with Crippen molar-refractivity contribution in [1.29, 1.82) is 0 Å². The number of hydrogen-bond acceptors (Lipinski definition) is 4. The number of nitrogens with one attached hydrogen (secondary N) is 2. The van der Waals surface area contributed by atoms with Gasteiger partial charge in [0.25, 0.3) is 5.56 Å². The van der Waals surface area contributed by atoms with Crippen molar-refractivity contribution in [2.24, 2.45) is 7.05 Å². The molecule has 2 aromatic heterocycles. The number of aryl methyl sites for hydroxylation is 2. The first-order chi connectivity index (χ1) is 12.0. The second kappa shape index (κ2) is 8.87. The number of rotatable bonds is 10. The normalized spacial score (nSPS) is 12.6. The first-order valence-corrected chi connectivity index (χ1v) is 9.45. The fraction of sp³-hybridized carbons (Fsp3) is 0.722. The number of fused-ring (bicyclic) bond motifs is 1. The van der Waals surface area contributed by atoms with Gasteiger partial charge in [-0.15, -0.1) is 0 Å². The maximum Gasteiger partial charge on any atom is 0.329 e. The highest BCUT2D eigenvalue weighted by Gasteiger charge is 2.17. The summed E-state index contributed by atoms with van der Waals surface area (Å²) in [5.41, 5.74) is 0.109. The Bertz CT molecular complexity index is 802. The fourth-order valence-electron chi connectivity index (χ4n) is 2.94. The second-order valence-corrected chi connectivity index (χ2v) is 6.80. The Morgan fingerprint density at radius 1 is 1.12 bits per heavy atom. The minimum Gasteiger partial charge on any atom is -0.353 e. The molecule has 0 saturated heterocycles. The van der Waals surface area contributed by atoms with Crippen LogP contribution in [0.15, 0.2) is 9.59 Å². The van der Waals surface area contributed by atoms with Crippen LogP contribution in [0.25, 0.3) is 11.2 Å². The summed E-state index contributed by atoms with van der Waals surface area (Å²) in [5, 5.41) is 3.37. The summed E-state index contributed by atoms with van der Waals surface area (Å²) in [6, 6.07) is 0.247. The van der Waals surface area contributed by atoms with Gasteiger partial charge >= 0.3 is 5.69 Å². The highest BCUT2D eigenvalue weighted by atomic mass is 16.2. The number of imidazole rings is 1. The molecule has 0 spiro atoms. The van der Waals surface area contributed by atoms with Crippen LogP contribution in [0.2, 0.25) is 0 Å². The van der Waals surface area contributed by atoms with Crippen molar-refractivity contribution in [2.75, 3.05) is 5.32 Å². The fourth-order valence-corrected chi connectivity index (χ4v) is 2.94. The smallest absolute Gasteiger partial charge is 0.329 e. The van der Waals surface area contributed by atoms with Gasteiger partial charge in [-0.25, -0.2) is 4.79 Å². The number of H-pyrrole nitrogens is 1. The van der Waals surface area contributed by atoms with E-state index in [-0.39, 0.29) is 11.6 Å². The number of hydrogen-bond donors (Lipinski definition) is 2. The van der Waals surface area contributed by atoms with Gasteiger partial charge in [-0.1, -0.05) is 46.0 Å². The zero-order chi connectivity index (χ0) is 18.4. The molecule has 140 valence electrons. The Balaban J connectivity index is 2.30. The van der Waals surface area contributed by atoms with E-state index in [4.69, 9.17) is 0 Å². The molecule has 0 bridgehead atoms. The lowest BCUT2D eigenvalue weighted by Gasteiger charge is -2.14. The predicted molar refractivity (Wildman–Crippen MR) is 102 cm³/mol. The van der Waals surface area contributed by atoms with Gasteiger partial charge in [-0.3, -0.25) is 14.3 Å². The molecule has 1 atom stereocenters. The maximum absolute atomic E-state index is 12.4. The lowest BCUT2D eigenvalue weighted by atomic mass is 10.1. The van der Waals surface area contributed by atoms with E-state index in [0.717, 1.165) is 25.8 Å². The van der Waals surface area contributed by atoms with Crippen molar-refractivity contribution in [3.63, 3.8) is 0 Å². The van der Waals surface area contributed by atoms with Gasteiger partial charge in [-0.05, 0) is 19.8 Å². The Hall–Kier alpha value is -2.05. The van der Waals surface area contributed by atoms with E-state index >= 15 is 0 Å². The molecule has 0 saturated carbocycles. The molecule has 25 heavy (non-hydrogen) atoms. The highest BCUT2D eigenvalue weighted by Crippen LogP contribution is 2.18. The van der Waals surface area contributed by atoms with E-state index in [1.807, 2.05) is 4.57 Å². The van der Waals surface area contributed by atoms with E-state index in [0.29, 0.717) is 17.1 Å². The van der Waals surface area contributed by atoms with E-state index in [9.17, 15) is 9.59 Å². The minimum atomic E-state index is -0.434. The number of unbranched alkanes of at least 4 members (excludes halogenated alkanes) is 5. The summed E-state index contributed by atoms with van der Waals surface area (Å²) in [7, 11) is 1.63. The highest BCUT2D eigenvalue weighted by molar-refractivity contribution is 5.74. The molecule has 0 aromatic carbocycles. The SMILES string of the molecule is CCCCCCCCn1c(NC(C)CC)nc2c1c(=O)[nH]c(=O)n2C. The average molecular weight is 349 g/mol. The third kappa shape index (κ3) is 4.52. The molecule has 0 aliphatic rings. The summed E-state index contributed by atoms with van der Waals surface area (Å²) in [4.78, 5) is 31.1. The lowest BCUT2D eigenvalue weighted by molar-refractivity contribution is 0.563. The monoisotopic (exact) mass is 349 g/mol. The van der Waals surface area contributed by atoms with Crippen LogP contribution in [0, 0.1) is 0 Å². The molecule has 2 rings (SSSR count). The molecule has 7 nitrogen and oxygen atoms in total. The summed E-state index contributed by atoms with van der Waals surface area (Å²) in [6.45, 7) is 7.11. The van der Waals surface area contributed by atoms with Gasteiger partial charge in [0.2, 0.25) is 5.95 Å². The quantitative estimate of drug-likeness (QED) is 0.646. The molecule has 7 heteroatoms. The molecule has 2 aromatic rings. The Morgan fingerprint density at radius 2 is 1.80 bits per heavy atom. The molecule has 0 aliphatic heterocycles. The summed E-state index contributed by atoms with van der Waals surface area (Å²) in [5.74, 6) is 0.671. The van der Waals surface area contributed by atoms with Crippen LogP contribution in [0.4, 0.5) is 5.95 Å². The van der Waals surface area contributed by atoms with Crippen LogP contribution in [0.5, 0.6) is 0 Å². The van der Waals surface area contributed by atoms with Gasteiger partial charge in [0.1, 0.15) is 0 Å². The molecular weight excluding hydrogens is 318 g/mol. The third-order valence-corrected chi connectivity index (χ3v) is 4.73. The molecule has 0 aliphatic carbocycles. The van der Waals surface area contributed by atoms with Gasteiger partial charge < -0.3 is 9.88 Å². The van der Waals surface area contributed by atoms with Crippen molar-refractivity contribution < 1.29 is 0 Å². The minimum absolute atomic E-state index is 0.247. The molecule has 0 fully saturated rings. The van der Waals surface area contributed by atoms with Gasteiger partial charge in [0.05, 0.1) is 0 Å². The summed E-state index contributed by atoms with van der Waals surface area (Å²) < 4.78 is 3.33. The average Bonchev–Trinajstić information content (AvgIpc) is 2.94. The maximum atomic E-state index is 12.4. The van der Waals surface area contributed by atoms with E-state index in [1.165, 1.54) is 30.3 Å². The van der Waals surface area contributed by atoms with E-state index in [1.54, 1.807) is 7.05 Å². The second-order valence-electron chi connectivity index (χ2n) is 6.80. The van der Waals surface area contributed by atoms with Crippen molar-refractivity contribution in [2.45, 2.75) is 78.3 Å². The summed E-state index contributed by atoms with van der Waals surface area (Å²) in [6.07, 6.45) is 8.06. The molecular formula is C18H31N5O2. The summed E-state index contributed by atoms with van der Waals surface area (Å²) >= 11 is 0. The standard InChI is InChI=1S/C18H31N5O2/c1-5-7-8-9-10-11-12-23-14-15(20-17(23)19-13(3)6-2)22(4)18(25)21-16(14)24/h13H,5-12H2,1-4H3,(H,19,20)(H,21,24,25). The number of aromatic amines is 1. The molecule has 2 heterocycles. The van der Waals surface area contributed by atoms with Crippen LogP contribution >= 0.6 is 0 Å². The van der Waals surface area contributed by atoms with Gasteiger partial charge in [0.15, 0.2) is 11.2 Å². The predicted octanol–water partition coefficient (Wildman–Crippen LogP) is 2.99. The Labute approximate surface area is 148 Å². The molecule has 0 radical (unpaired) electrons. The van der Waals surface area contributed by atoms with Crippen molar-refractivity contribution in [1.82, 2.24) is 19.1 Å². The van der Waals surface area contributed by atoms with Gasteiger partial charge in [-0.2, -0.15) is 4.98 Å². The van der Waals surface area contributed by atoms with Crippen LogP contribution in [0.1, 0.15) is 65.7 Å². The molecule has 0 amide bonds. The molecule has 1 unspecified atom stereocenters. The third-order valence-electron chi connectivity index (χ3n) is 4.73. The Morgan fingerprint density at radius 3 is 2.48 bits per heavy atom. The van der Waals surface area contributed by atoms with Crippen molar-refractivity contribution >= 4 is 17.1 Å². The largest absolute Gasteiger partial charge is 0.353 e. The first-order valence-electron chi connectivity index (χ1n) is 9.45. The lowest BCUT2D eigenvalue weighted by Crippen LogP contribution is -2.29. The number of aromatic nitrogens is 4. The first kappa shape index (κ1) is 19.3.